The van der Waals surface area contributed by atoms with E-state index in [4.69, 9.17) is 4.74 Å². The van der Waals surface area contributed by atoms with Gasteiger partial charge in [0.1, 0.15) is 17.3 Å². The summed E-state index contributed by atoms with van der Waals surface area (Å²) >= 11 is 0. The van der Waals surface area contributed by atoms with Gasteiger partial charge in [-0.05, 0) is 31.0 Å². The molecule has 1 atom stereocenters. The Kier molecular flexibility index (Phi) is 5.08. The number of carbonyl (C=O) groups excluding carboxylic acids is 1. The molecule has 0 aliphatic carbocycles. The van der Waals surface area contributed by atoms with Gasteiger partial charge in [0, 0.05) is 6.04 Å². The van der Waals surface area contributed by atoms with Crippen LogP contribution in [0.5, 0.6) is 5.75 Å². The third-order valence-corrected chi connectivity index (χ3v) is 5.84. The van der Waals surface area contributed by atoms with Gasteiger partial charge in [-0.2, -0.15) is 0 Å². The highest BCUT2D eigenvalue weighted by molar-refractivity contribution is 7.91. The van der Waals surface area contributed by atoms with E-state index < -0.39 is 15.7 Å². The van der Waals surface area contributed by atoms with E-state index in [-0.39, 0.29) is 23.2 Å². The standard InChI is InChI=1S/C17H20N4O4S/c1-11-3-4-15(25-2)13(7-11)21-16-9-18-14(8-19-16)17(22)20-12-5-6-26(23,24)10-12/h3-4,7-9,12H,5-6,10H2,1-2H3,(H,19,21)(H,20,22). The predicted molar refractivity (Wildman–Crippen MR) is 97.6 cm³/mol. The normalized spacial score (nSPS) is 18.3. The van der Waals surface area contributed by atoms with Crippen molar-refractivity contribution in [1.29, 1.82) is 0 Å². The molecule has 1 aromatic carbocycles. The molecule has 1 fully saturated rings. The van der Waals surface area contributed by atoms with Gasteiger partial charge in [0.15, 0.2) is 9.84 Å². The molecule has 1 unspecified atom stereocenters. The van der Waals surface area contributed by atoms with Crippen LogP contribution in [0, 0.1) is 6.92 Å². The summed E-state index contributed by atoms with van der Waals surface area (Å²) in [6.07, 6.45) is 3.22. The zero-order chi connectivity index (χ0) is 18.7. The average Bonchev–Trinajstić information content (AvgIpc) is 2.94. The fourth-order valence-electron chi connectivity index (χ4n) is 2.74. The van der Waals surface area contributed by atoms with Crippen LogP contribution >= 0.6 is 0 Å². The number of aryl methyl sites for hydroxylation is 1. The smallest absolute Gasteiger partial charge is 0.271 e. The van der Waals surface area contributed by atoms with Gasteiger partial charge in [-0.15, -0.1) is 0 Å². The molecule has 9 heteroatoms. The van der Waals surface area contributed by atoms with Gasteiger partial charge in [-0.3, -0.25) is 4.79 Å². The number of ether oxygens (including phenoxy) is 1. The van der Waals surface area contributed by atoms with Crippen molar-refractivity contribution in [3.05, 3.63) is 41.9 Å². The van der Waals surface area contributed by atoms with Crippen LogP contribution in [0.15, 0.2) is 30.6 Å². The van der Waals surface area contributed by atoms with Crippen LogP contribution in [0.3, 0.4) is 0 Å². The van der Waals surface area contributed by atoms with Crippen molar-refractivity contribution in [2.24, 2.45) is 0 Å². The molecule has 1 amide bonds. The summed E-state index contributed by atoms with van der Waals surface area (Å²) < 4.78 is 28.2. The van der Waals surface area contributed by atoms with Gasteiger partial charge in [0.2, 0.25) is 0 Å². The average molecular weight is 376 g/mol. The molecule has 2 aromatic rings. The van der Waals surface area contributed by atoms with Crippen molar-refractivity contribution in [2.75, 3.05) is 23.9 Å². The fourth-order valence-corrected chi connectivity index (χ4v) is 4.41. The van der Waals surface area contributed by atoms with Gasteiger partial charge in [-0.25, -0.2) is 18.4 Å². The van der Waals surface area contributed by atoms with Crippen LogP contribution in [0.25, 0.3) is 0 Å². The highest BCUT2D eigenvalue weighted by atomic mass is 32.2. The second kappa shape index (κ2) is 7.28. The third-order valence-electron chi connectivity index (χ3n) is 4.07. The van der Waals surface area contributed by atoms with E-state index in [0.717, 1.165) is 11.3 Å². The fraction of sp³-hybridized carbons (Fsp3) is 0.353. The number of methoxy groups -OCH3 is 1. The summed E-state index contributed by atoms with van der Waals surface area (Å²) in [5, 5.41) is 5.79. The first-order chi connectivity index (χ1) is 12.4. The lowest BCUT2D eigenvalue weighted by molar-refractivity contribution is 0.0935. The number of nitrogens with zero attached hydrogens (tertiary/aromatic N) is 2. The minimum atomic E-state index is -3.05. The van der Waals surface area contributed by atoms with Crippen LogP contribution in [0.4, 0.5) is 11.5 Å². The molecular weight excluding hydrogens is 356 g/mol. The van der Waals surface area contributed by atoms with E-state index in [0.29, 0.717) is 18.0 Å². The summed E-state index contributed by atoms with van der Waals surface area (Å²) in [5.74, 6) is 0.777. The molecule has 0 spiro atoms. The lowest BCUT2D eigenvalue weighted by Gasteiger charge is -2.12. The zero-order valence-corrected chi connectivity index (χ0v) is 15.3. The molecule has 8 nitrogen and oxygen atoms in total. The first kappa shape index (κ1) is 18.1. The summed E-state index contributed by atoms with van der Waals surface area (Å²) in [4.78, 5) is 20.5. The number of hydrogen-bond acceptors (Lipinski definition) is 7. The number of hydrogen-bond donors (Lipinski definition) is 2. The molecule has 3 rings (SSSR count). The number of amides is 1. The highest BCUT2D eigenvalue weighted by Gasteiger charge is 2.29. The van der Waals surface area contributed by atoms with E-state index in [2.05, 4.69) is 20.6 Å². The van der Waals surface area contributed by atoms with Crippen LogP contribution in [0.1, 0.15) is 22.5 Å². The molecule has 2 heterocycles. The van der Waals surface area contributed by atoms with E-state index in [1.54, 1.807) is 7.11 Å². The number of benzene rings is 1. The zero-order valence-electron chi connectivity index (χ0n) is 14.5. The number of rotatable bonds is 5. The van der Waals surface area contributed by atoms with Crippen molar-refractivity contribution in [3.63, 3.8) is 0 Å². The Morgan fingerprint density at radius 2 is 2.08 bits per heavy atom. The Morgan fingerprint density at radius 1 is 1.27 bits per heavy atom. The minimum Gasteiger partial charge on any atom is -0.495 e. The maximum Gasteiger partial charge on any atom is 0.271 e. The molecule has 0 saturated carbocycles. The summed E-state index contributed by atoms with van der Waals surface area (Å²) in [6, 6.07) is 5.33. The number of aromatic nitrogens is 2. The molecular formula is C17H20N4O4S. The second-order valence-corrected chi connectivity index (χ2v) is 8.42. The predicted octanol–water partition coefficient (Wildman–Crippen LogP) is 1.45. The Hall–Kier alpha value is -2.68. The molecule has 1 saturated heterocycles. The second-order valence-electron chi connectivity index (χ2n) is 6.19. The summed E-state index contributed by atoms with van der Waals surface area (Å²) in [5.41, 5.74) is 1.94. The van der Waals surface area contributed by atoms with Crippen molar-refractivity contribution >= 4 is 27.2 Å². The maximum atomic E-state index is 12.2. The van der Waals surface area contributed by atoms with Crippen molar-refractivity contribution < 1.29 is 17.9 Å². The van der Waals surface area contributed by atoms with Crippen molar-refractivity contribution in [3.8, 4) is 5.75 Å². The Morgan fingerprint density at radius 3 is 2.69 bits per heavy atom. The Balaban J connectivity index is 1.67. The van der Waals surface area contributed by atoms with Crippen LogP contribution in [-0.4, -0.2) is 49.0 Å². The van der Waals surface area contributed by atoms with Gasteiger partial charge in [-0.1, -0.05) is 6.07 Å². The quantitative estimate of drug-likeness (QED) is 0.813. The summed E-state index contributed by atoms with van der Waals surface area (Å²) in [7, 11) is -1.47. The molecule has 138 valence electrons. The number of anilines is 2. The molecule has 1 aliphatic rings. The number of carbonyl (C=O) groups is 1. The lowest BCUT2D eigenvalue weighted by Crippen LogP contribution is -2.36. The van der Waals surface area contributed by atoms with Crippen molar-refractivity contribution in [1.82, 2.24) is 15.3 Å². The lowest BCUT2D eigenvalue weighted by atomic mass is 10.2. The highest BCUT2D eigenvalue weighted by Crippen LogP contribution is 2.27. The molecule has 0 radical (unpaired) electrons. The third kappa shape index (κ3) is 4.29. The topological polar surface area (TPSA) is 110 Å². The van der Waals surface area contributed by atoms with Crippen molar-refractivity contribution in [2.45, 2.75) is 19.4 Å². The molecule has 2 N–H and O–H groups in total. The SMILES string of the molecule is COc1ccc(C)cc1Nc1cnc(C(=O)NC2CCS(=O)(=O)C2)cn1. The van der Waals surface area contributed by atoms with E-state index in [1.165, 1.54) is 12.4 Å². The van der Waals surface area contributed by atoms with Crippen LogP contribution < -0.4 is 15.4 Å². The van der Waals surface area contributed by atoms with E-state index in [9.17, 15) is 13.2 Å². The van der Waals surface area contributed by atoms with Gasteiger partial charge in [0.25, 0.3) is 5.91 Å². The summed E-state index contributed by atoms with van der Waals surface area (Å²) in [6.45, 7) is 1.97. The molecule has 1 aliphatic heterocycles. The first-order valence-electron chi connectivity index (χ1n) is 8.11. The molecule has 26 heavy (non-hydrogen) atoms. The first-order valence-corrected chi connectivity index (χ1v) is 9.93. The Bertz CT molecular complexity index is 913. The molecule has 0 bridgehead atoms. The minimum absolute atomic E-state index is 0.0288. The van der Waals surface area contributed by atoms with Gasteiger partial charge >= 0.3 is 0 Å². The van der Waals surface area contributed by atoms with Crippen LogP contribution in [0.2, 0.25) is 0 Å². The Labute approximate surface area is 151 Å². The number of nitrogens with one attached hydrogen (secondary N) is 2. The van der Waals surface area contributed by atoms with E-state index in [1.807, 2.05) is 25.1 Å². The largest absolute Gasteiger partial charge is 0.495 e. The molecule has 1 aromatic heterocycles. The maximum absolute atomic E-state index is 12.2. The number of sulfone groups is 1. The van der Waals surface area contributed by atoms with E-state index >= 15 is 0 Å². The van der Waals surface area contributed by atoms with Gasteiger partial charge in [0.05, 0.1) is 36.7 Å². The van der Waals surface area contributed by atoms with Crippen LogP contribution in [-0.2, 0) is 9.84 Å². The monoisotopic (exact) mass is 376 g/mol. The van der Waals surface area contributed by atoms with Gasteiger partial charge < -0.3 is 15.4 Å².